The molecule has 3 heteroatoms. The summed E-state index contributed by atoms with van der Waals surface area (Å²) in [6, 6.07) is 0. The Kier molecular flexibility index (Phi) is 3.99. The highest BCUT2D eigenvalue weighted by atomic mass is 16.3. The third-order valence-electron chi connectivity index (χ3n) is 9.76. The maximum Gasteiger partial charge on any atom is 0.162 e. The lowest BCUT2D eigenvalue weighted by Crippen LogP contribution is -2.59. The number of carbonyl (C=O) groups excluding carboxylic acids is 1. The van der Waals surface area contributed by atoms with Gasteiger partial charge in [-0.3, -0.25) is 4.79 Å². The number of Topliss-reactive ketones (excluding diaryl/α,β-unsaturated/α-hetero) is 1. The number of ketones is 1. The summed E-state index contributed by atoms with van der Waals surface area (Å²) >= 11 is 0. The van der Waals surface area contributed by atoms with E-state index < -0.39 is 5.60 Å². The zero-order valence-electron chi connectivity index (χ0n) is 16.4. The monoisotopic (exact) mass is 348 g/mol. The maximum atomic E-state index is 12.4. The normalized spacial score (nSPS) is 58.2. The van der Waals surface area contributed by atoms with Crippen LogP contribution < -0.4 is 0 Å². The average Bonchev–Trinajstić information content (AvgIpc) is 2.77. The van der Waals surface area contributed by atoms with Crippen molar-refractivity contribution in [2.45, 2.75) is 90.8 Å². The van der Waals surface area contributed by atoms with Gasteiger partial charge in [-0.25, -0.2) is 0 Å². The third kappa shape index (κ3) is 2.15. The van der Waals surface area contributed by atoms with Gasteiger partial charge in [-0.2, -0.15) is 0 Å². The molecule has 4 aliphatic carbocycles. The topological polar surface area (TPSA) is 57.5 Å². The van der Waals surface area contributed by atoms with Crippen LogP contribution in [0.3, 0.4) is 0 Å². The van der Waals surface area contributed by atoms with Gasteiger partial charge in [0.1, 0.15) is 5.60 Å². The van der Waals surface area contributed by atoms with E-state index >= 15 is 0 Å². The van der Waals surface area contributed by atoms with E-state index in [1.807, 2.05) is 0 Å². The summed E-state index contributed by atoms with van der Waals surface area (Å²) in [7, 11) is 0. The number of carbonyl (C=O) groups is 1. The molecule has 4 rings (SSSR count). The summed E-state index contributed by atoms with van der Waals surface area (Å²) in [4.78, 5) is 12.4. The second-order valence-electron chi connectivity index (χ2n) is 10.5. The fourth-order valence-corrected chi connectivity index (χ4v) is 8.33. The molecule has 25 heavy (non-hydrogen) atoms. The first kappa shape index (κ1) is 18.0. The first-order valence-electron chi connectivity index (χ1n) is 10.6. The summed E-state index contributed by atoms with van der Waals surface area (Å²) in [5.41, 5.74) is -1.04. The summed E-state index contributed by atoms with van der Waals surface area (Å²) < 4.78 is 0. The highest BCUT2D eigenvalue weighted by Crippen LogP contribution is 2.69. The third-order valence-corrected chi connectivity index (χ3v) is 9.76. The minimum Gasteiger partial charge on any atom is -0.393 e. The van der Waals surface area contributed by atoms with Gasteiger partial charge in [0.2, 0.25) is 0 Å². The Morgan fingerprint density at radius 3 is 2.40 bits per heavy atom. The molecule has 4 fully saturated rings. The molecule has 0 aliphatic heterocycles. The lowest BCUT2D eigenvalue weighted by molar-refractivity contribution is -0.175. The van der Waals surface area contributed by atoms with Crippen LogP contribution in [0.5, 0.6) is 0 Å². The van der Waals surface area contributed by atoms with Crippen molar-refractivity contribution in [1.29, 1.82) is 0 Å². The fraction of sp³-hybridized carbons (Fsp3) is 0.955. The van der Waals surface area contributed by atoms with E-state index in [0.29, 0.717) is 29.1 Å². The average molecular weight is 349 g/mol. The fourth-order valence-electron chi connectivity index (χ4n) is 8.33. The summed E-state index contributed by atoms with van der Waals surface area (Å²) in [5.74, 6) is 2.53. The molecule has 4 saturated carbocycles. The molecule has 0 aromatic heterocycles. The Balaban J connectivity index is 1.67. The Morgan fingerprint density at radius 1 is 1.00 bits per heavy atom. The summed E-state index contributed by atoms with van der Waals surface area (Å²) in [6.45, 7) is 8.37. The lowest BCUT2D eigenvalue weighted by atomic mass is 9.44. The number of aliphatic hydroxyl groups excluding tert-OH is 1. The minimum atomic E-state index is -1.14. The van der Waals surface area contributed by atoms with Gasteiger partial charge in [-0.15, -0.1) is 0 Å². The second kappa shape index (κ2) is 5.55. The molecule has 0 amide bonds. The van der Waals surface area contributed by atoms with Crippen LogP contribution in [0.15, 0.2) is 0 Å². The largest absolute Gasteiger partial charge is 0.393 e. The number of hydrogen-bond donors (Lipinski definition) is 2. The van der Waals surface area contributed by atoms with Gasteiger partial charge in [-0.05, 0) is 93.3 Å². The van der Waals surface area contributed by atoms with Gasteiger partial charge in [-0.1, -0.05) is 20.8 Å². The van der Waals surface area contributed by atoms with Crippen molar-refractivity contribution in [3.63, 3.8) is 0 Å². The molecule has 0 spiro atoms. The van der Waals surface area contributed by atoms with Crippen molar-refractivity contribution in [1.82, 2.24) is 0 Å². The van der Waals surface area contributed by atoms with Crippen LogP contribution in [0.4, 0.5) is 0 Å². The molecule has 0 radical (unpaired) electrons. The van der Waals surface area contributed by atoms with Crippen molar-refractivity contribution in [3.8, 4) is 0 Å². The van der Waals surface area contributed by atoms with Crippen LogP contribution in [0.1, 0.15) is 79.1 Å². The first-order valence-corrected chi connectivity index (χ1v) is 10.6. The van der Waals surface area contributed by atoms with Crippen molar-refractivity contribution >= 4 is 5.78 Å². The molecular weight excluding hydrogens is 312 g/mol. The smallest absolute Gasteiger partial charge is 0.162 e. The summed E-state index contributed by atoms with van der Waals surface area (Å²) in [5, 5.41) is 21.6. The van der Waals surface area contributed by atoms with E-state index in [1.54, 1.807) is 6.92 Å². The van der Waals surface area contributed by atoms with Gasteiger partial charge in [0.25, 0.3) is 0 Å². The Labute approximate surface area is 152 Å². The molecule has 4 aliphatic rings. The van der Waals surface area contributed by atoms with Crippen LogP contribution in [0.25, 0.3) is 0 Å². The highest BCUT2D eigenvalue weighted by Gasteiger charge is 2.68. The summed E-state index contributed by atoms with van der Waals surface area (Å²) in [6.07, 6.45) is 8.53. The quantitative estimate of drug-likeness (QED) is 0.754. The molecule has 2 N–H and O–H groups in total. The van der Waals surface area contributed by atoms with Crippen molar-refractivity contribution in [2.24, 2.45) is 40.4 Å². The SMILES string of the molecule is CC(=O)[C@]1(O)[C@@H](C)C[C@H]2[C@@H]3CC[C@@H]4C[C@H](O)CC[C@]4(C)[C@@H]3CC[C@@]21C. The Morgan fingerprint density at radius 2 is 1.72 bits per heavy atom. The zero-order valence-corrected chi connectivity index (χ0v) is 16.4. The molecule has 0 unspecified atom stereocenters. The second-order valence-corrected chi connectivity index (χ2v) is 10.5. The molecule has 9 atom stereocenters. The predicted molar refractivity (Wildman–Crippen MR) is 97.9 cm³/mol. The van der Waals surface area contributed by atoms with Crippen molar-refractivity contribution in [3.05, 3.63) is 0 Å². The van der Waals surface area contributed by atoms with E-state index in [0.717, 1.165) is 38.5 Å². The highest BCUT2D eigenvalue weighted by molar-refractivity contribution is 5.86. The molecule has 0 bridgehead atoms. The van der Waals surface area contributed by atoms with Crippen LogP contribution in [0, 0.1) is 40.4 Å². The maximum absolute atomic E-state index is 12.4. The zero-order chi connectivity index (χ0) is 18.2. The molecule has 0 saturated heterocycles. The van der Waals surface area contributed by atoms with Crippen LogP contribution in [-0.4, -0.2) is 27.7 Å². The number of hydrogen-bond acceptors (Lipinski definition) is 3. The van der Waals surface area contributed by atoms with E-state index in [2.05, 4.69) is 20.8 Å². The number of fused-ring (bicyclic) bond motifs is 5. The number of aliphatic hydroxyl groups is 2. The molecule has 3 nitrogen and oxygen atoms in total. The van der Waals surface area contributed by atoms with Gasteiger partial charge in [0.15, 0.2) is 5.78 Å². The van der Waals surface area contributed by atoms with Gasteiger partial charge in [0.05, 0.1) is 6.10 Å². The van der Waals surface area contributed by atoms with E-state index in [4.69, 9.17) is 0 Å². The van der Waals surface area contributed by atoms with Gasteiger partial charge < -0.3 is 10.2 Å². The standard InChI is InChI=1S/C22H36O3/c1-13-11-19-17-6-5-15-12-16(24)7-9-20(15,3)18(17)8-10-21(19,4)22(13,25)14(2)23/h13,15-19,24-25H,5-12H2,1-4H3/t13-,15+,16+,17+,18+,19-,20-,21-,22+/m0/s1. The van der Waals surface area contributed by atoms with Crippen molar-refractivity contribution < 1.29 is 15.0 Å². The van der Waals surface area contributed by atoms with Crippen LogP contribution in [0.2, 0.25) is 0 Å². The molecule has 142 valence electrons. The number of rotatable bonds is 1. The molecule has 0 aromatic rings. The van der Waals surface area contributed by atoms with Crippen LogP contribution in [-0.2, 0) is 4.79 Å². The predicted octanol–water partition coefficient (Wildman–Crippen LogP) is 3.96. The van der Waals surface area contributed by atoms with E-state index in [1.165, 1.54) is 12.8 Å². The van der Waals surface area contributed by atoms with E-state index in [9.17, 15) is 15.0 Å². The molecular formula is C22H36O3. The minimum absolute atomic E-state index is 0.0239. The van der Waals surface area contributed by atoms with Gasteiger partial charge in [0, 0.05) is 5.41 Å². The van der Waals surface area contributed by atoms with E-state index in [-0.39, 0.29) is 23.2 Å². The van der Waals surface area contributed by atoms with Crippen molar-refractivity contribution in [2.75, 3.05) is 0 Å². The lowest BCUT2D eigenvalue weighted by Gasteiger charge is -2.61. The molecule has 0 heterocycles. The molecule has 0 aromatic carbocycles. The van der Waals surface area contributed by atoms with Crippen LogP contribution >= 0.6 is 0 Å². The Hall–Kier alpha value is -0.410. The Bertz CT molecular complexity index is 574. The van der Waals surface area contributed by atoms with Gasteiger partial charge >= 0.3 is 0 Å². The first-order chi connectivity index (χ1) is 11.6.